The van der Waals surface area contributed by atoms with E-state index in [1.54, 1.807) is 4.90 Å². The van der Waals surface area contributed by atoms with Crippen molar-refractivity contribution in [3.63, 3.8) is 0 Å². The fourth-order valence-electron chi connectivity index (χ4n) is 3.29. The summed E-state index contributed by atoms with van der Waals surface area (Å²) in [6.45, 7) is 6.76. The molecule has 5 nitrogen and oxygen atoms in total. The van der Waals surface area contributed by atoms with Gasteiger partial charge in [0.2, 0.25) is 0 Å². The minimum atomic E-state index is -4.47. The summed E-state index contributed by atoms with van der Waals surface area (Å²) in [6.07, 6.45) is -2.62. The third-order valence-corrected chi connectivity index (χ3v) is 4.54. The number of fused-ring (bicyclic) bond motifs is 1. The topological polar surface area (TPSA) is 51.7 Å². The Bertz CT molecular complexity index is 645. The number of amides is 1. The van der Waals surface area contributed by atoms with Crippen molar-refractivity contribution in [1.29, 1.82) is 0 Å². The van der Waals surface area contributed by atoms with Crippen LogP contribution in [0.5, 0.6) is 5.75 Å². The molecule has 8 heteroatoms. The first kappa shape index (κ1) is 17.8. The third-order valence-electron chi connectivity index (χ3n) is 4.54. The van der Waals surface area contributed by atoms with Crippen molar-refractivity contribution in [2.75, 3.05) is 19.7 Å². The Morgan fingerprint density at radius 2 is 1.92 bits per heavy atom. The number of pyridine rings is 1. The molecule has 1 saturated heterocycles. The molecule has 0 spiro atoms. The van der Waals surface area contributed by atoms with E-state index in [1.807, 2.05) is 20.8 Å². The van der Waals surface area contributed by atoms with Gasteiger partial charge < -0.3 is 14.4 Å². The molecule has 0 N–H and O–H groups in total. The van der Waals surface area contributed by atoms with Gasteiger partial charge in [0.15, 0.2) is 0 Å². The molecular weight excluding hydrogens is 337 g/mol. The Balaban J connectivity index is 1.51. The largest absolute Gasteiger partial charge is 0.491 e. The van der Waals surface area contributed by atoms with Gasteiger partial charge in [-0.25, -0.2) is 4.79 Å². The number of carbonyl (C=O) groups is 1. The van der Waals surface area contributed by atoms with Gasteiger partial charge in [-0.1, -0.05) is 0 Å². The molecule has 0 radical (unpaired) electrons. The summed E-state index contributed by atoms with van der Waals surface area (Å²) < 4.78 is 49.5. The predicted molar refractivity (Wildman–Crippen MR) is 83.0 cm³/mol. The maximum Gasteiger partial charge on any atom is 0.420 e. The normalized spacial score (nSPS) is 25.5. The Morgan fingerprint density at radius 3 is 2.48 bits per heavy atom. The van der Waals surface area contributed by atoms with Crippen molar-refractivity contribution in [3.05, 3.63) is 24.0 Å². The first-order valence-corrected chi connectivity index (χ1v) is 8.18. The van der Waals surface area contributed by atoms with Crippen LogP contribution >= 0.6 is 0 Å². The zero-order valence-electron chi connectivity index (χ0n) is 14.3. The molecule has 1 unspecified atom stereocenters. The van der Waals surface area contributed by atoms with Gasteiger partial charge in [-0.15, -0.1) is 0 Å². The maximum atomic E-state index is 12.9. The van der Waals surface area contributed by atoms with Crippen LogP contribution < -0.4 is 4.74 Å². The van der Waals surface area contributed by atoms with Crippen molar-refractivity contribution < 1.29 is 27.4 Å². The number of halogens is 3. The Morgan fingerprint density at radius 1 is 1.28 bits per heavy atom. The van der Waals surface area contributed by atoms with E-state index in [0.717, 1.165) is 18.5 Å². The van der Waals surface area contributed by atoms with Gasteiger partial charge in [-0.2, -0.15) is 13.2 Å². The van der Waals surface area contributed by atoms with Crippen LogP contribution in [0.1, 0.15) is 26.3 Å². The molecule has 1 aromatic heterocycles. The van der Waals surface area contributed by atoms with Crippen LogP contribution in [0.4, 0.5) is 18.0 Å². The van der Waals surface area contributed by atoms with E-state index in [-0.39, 0.29) is 36.2 Å². The Labute approximate surface area is 144 Å². The Kier molecular flexibility index (Phi) is 4.33. The lowest BCUT2D eigenvalue weighted by Crippen LogP contribution is -2.37. The summed E-state index contributed by atoms with van der Waals surface area (Å²) in [5.74, 6) is 0.445. The molecule has 2 aliphatic rings. The lowest BCUT2D eigenvalue weighted by Gasteiger charge is -2.26. The lowest BCUT2D eigenvalue weighted by molar-refractivity contribution is -0.139. The van der Waals surface area contributed by atoms with Crippen molar-refractivity contribution in [2.45, 2.75) is 32.5 Å². The number of piperidine rings is 1. The van der Waals surface area contributed by atoms with Gasteiger partial charge in [-0.05, 0) is 38.7 Å². The second-order valence-corrected chi connectivity index (χ2v) is 7.56. The zero-order chi connectivity index (χ0) is 18.4. The number of rotatable bonds is 3. The van der Waals surface area contributed by atoms with E-state index < -0.39 is 17.3 Å². The molecule has 3 rings (SSSR count). The molecule has 0 bridgehead atoms. The summed E-state index contributed by atoms with van der Waals surface area (Å²) >= 11 is 0. The molecule has 2 heterocycles. The second-order valence-electron chi connectivity index (χ2n) is 7.56. The van der Waals surface area contributed by atoms with Crippen molar-refractivity contribution in [2.24, 2.45) is 17.8 Å². The summed E-state index contributed by atoms with van der Waals surface area (Å²) in [6, 6.07) is 0.910. The van der Waals surface area contributed by atoms with Crippen LogP contribution in [0.15, 0.2) is 18.5 Å². The van der Waals surface area contributed by atoms with Crippen LogP contribution in [-0.4, -0.2) is 41.3 Å². The standard InChI is InChI=1S/C17H21F3N2O3/c1-16(2,3)25-15(23)22-7-10-11(8-22)12(10)9-24-14-6-21-5-4-13(14)17(18,19)20/h4-6,10-12H,7-9H2,1-3H3/t10-,11+,12?. The molecule has 3 atom stereocenters. The van der Waals surface area contributed by atoms with Gasteiger partial charge >= 0.3 is 12.3 Å². The number of carbonyl (C=O) groups excluding carboxylic acids is 1. The number of ether oxygens (including phenoxy) is 2. The summed E-state index contributed by atoms with van der Waals surface area (Å²) in [5, 5.41) is 0. The molecule has 138 valence electrons. The van der Waals surface area contributed by atoms with E-state index in [0.29, 0.717) is 13.1 Å². The van der Waals surface area contributed by atoms with Crippen molar-refractivity contribution >= 4 is 6.09 Å². The molecule has 1 saturated carbocycles. The van der Waals surface area contributed by atoms with Crippen LogP contribution in [0.3, 0.4) is 0 Å². The molecular formula is C17H21F3N2O3. The minimum Gasteiger partial charge on any atom is -0.491 e. The van der Waals surface area contributed by atoms with Gasteiger partial charge in [-0.3, -0.25) is 4.98 Å². The first-order chi connectivity index (χ1) is 11.6. The highest BCUT2D eigenvalue weighted by Crippen LogP contribution is 2.52. The molecule has 25 heavy (non-hydrogen) atoms. The minimum absolute atomic E-state index is 0.167. The number of aromatic nitrogens is 1. The maximum absolute atomic E-state index is 12.9. The number of hydrogen-bond donors (Lipinski definition) is 0. The van der Waals surface area contributed by atoms with Gasteiger partial charge in [0.25, 0.3) is 0 Å². The van der Waals surface area contributed by atoms with Crippen molar-refractivity contribution in [3.8, 4) is 5.75 Å². The van der Waals surface area contributed by atoms with Crippen molar-refractivity contribution in [1.82, 2.24) is 9.88 Å². The van der Waals surface area contributed by atoms with E-state index in [1.165, 1.54) is 0 Å². The van der Waals surface area contributed by atoms with Crippen LogP contribution in [0, 0.1) is 17.8 Å². The van der Waals surface area contributed by atoms with E-state index in [9.17, 15) is 18.0 Å². The zero-order valence-corrected chi connectivity index (χ0v) is 14.3. The second kappa shape index (κ2) is 6.07. The van der Waals surface area contributed by atoms with Crippen LogP contribution in [0.25, 0.3) is 0 Å². The summed E-state index contributed by atoms with van der Waals surface area (Å²) in [4.78, 5) is 17.4. The molecule has 1 aliphatic carbocycles. The highest BCUT2D eigenvalue weighted by molar-refractivity contribution is 5.69. The third kappa shape index (κ3) is 3.99. The monoisotopic (exact) mass is 358 g/mol. The van der Waals surface area contributed by atoms with Gasteiger partial charge in [0.1, 0.15) is 16.9 Å². The molecule has 1 amide bonds. The quantitative estimate of drug-likeness (QED) is 0.829. The molecule has 1 aromatic rings. The highest BCUT2D eigenvalue weighted by Gasteiger charge is 2.57. The first-order valence-electron chi connectivity index (χ1n) is 8.18. The number of hydrogen-bond acceptors (Lipinski definition) is 4. The van der Waals surface area contributed by atoms with Crippen LogP contribution in [0.2, 0.25) is 0 Å². The molecule has 1 aliphatic heterocycles. The number of nitrogens with zero attached hydrogens (tertiary/aromatic N) is 2. The average Bonchev–Trinajstić information content (AvgIpc) is 2.93. The fourth-order valence-corrected chi connectivity index (χ4v) is 3.29. The summed E-state index contributed by atoms with van der Waals surface area (Å²) in [7, 11) is 0. The van der Waals surface area contributed by atoms with Gasteiger partial charge in [0, 0.05) is 25.2 Å². The smallest absolute Gasteiger partial charge is 0.420 e. The average molecular weight is 358 g/mol. The SMILES string of the molecule is CC(C)(C)OC(=O)N1C[C@@H]2C(COc3cnccc3C(F)(F)F)[C@@H]2C1. The van der Waals surface area contributed by atoms with E-state index in [4.69, 9.17) is 9.47 Å². The predicted octanol–water partition coefficient (Wildman–Crippen LogP) is 3.59. The molecule has 2 fully saturated rings. The van der Waals surface area contributed by atoms with E-state index in [2.05, 4.69) is 4.98 Å². The highest BCUT2D eigenvalue weighted by atomic mass is 19.4. The number of likely N-dealkylation sites (tertiary alicyclic amines) is 1. The van der Waals surface area contributed by atoms with Gasteiger partial charge in [0.05, 0.1) is 12.8 Å². The van der Waals surface area contributed by atoms with Crippen LogP contribution in [-0.2, 0) is 10.9 Å². The van der Waals surface area contributed by atoms with E-state index >= 15 is 0 Å². The Hall–Kier alpha value is -1.99. The molecule has 0 aromatic carbocycles. The fraction of sp³-hybridized carbons (Fsp3) is 0.647. The summed E-state index contributed by atoms with van der Waals surface area (Å²) in [5.41, 5.74) is -1.36. The lowest BCUT2D eigenvalue weighted by atomic mass is 10.2. The number of alkyl halides is 3.